The summed E-state index contributed by atoms with van der Waals surface area (Å²) in [5.74, 6) is -0.369. The fraction of sp³-hybridized carbons (Fsp3) is 0.500. The van der Waals surface area contributed by atoms with Crippen LogP contribution in [0, 0.1) is 0 Å². The lowest BCUT2D eigenvalue weighted by molar-refractivity contribution is 0.0997. The number of rotatable bonds is 2. The standard InChI is InChI=1S/C12H16N2O/c1-12(6-2-3-7-12)10-9(11(13)15)5-4-8-14-10/h4-5,8H,2-3,6-7H2,1H3,(H2,13,15). The normalized spacial score (nSPS) is 19.0. The number of pyridine rings is 1. The van der Waals surface area contributed by atoms with Crippen molar-refractivity contribution in [1.82, 2.24) is 4.98 Å². The predicted octanol–water partition coefficient (Wildman–Crippen LogP) is 2.01. The zero-order valence-corrected chi connectivity index (χ0v) is 8.99. The molecule has 1 aliphatic rings. The van der Waals surface area contributed by atoms with Crippen LogP contribution in [0.1, 0.15) is 48.7 Å². The molecule has 0 aliphatic heterocycles. The van der Waals surface area contributed by atoms with Crippen molar-refractivity contribution in [3.8, 4) is 0 Å². The minimum Gasteiger partial charge on any atom is -0.366 e. The number of hydrogen-bond donors (Lipinski definition) is 1. The highest BCUT2D eigenvalue weighted by Crippen LogP contribution is 2.40. The molecule has 80 valence electrons. The summed E-state index contributed by atoms with van der Waals surface area (Å²) in [6, 6.07) is 3.54. The van der Waals surface area contributed by atoms with E-state index in [-0.39, 0.29) is 11.3 Å². The van der Waals surface area contributed by atoms with Crippen molar-refractivity contribution >= 4 is 5.91 Å². The Labute approximate surface area is 89.7 Å². The third-order valence-electron chi connectivity index (χ3n) is 3.35. The number of carbonyl (C=O) groups is 1. The highest BCUT2D eigenvalue weighted by atomic mass is 16.1. The Balaban J connectivity index is 2.47. The molecule has 2 rings (SSSR count). The smallest absolute Gasteiger partial charge is 0.250 e. The average molecular weight is 204 g/mol. The van der Waals surface area contributed by atoms with Gasteiger partial charge in [0.2, 0.25) is 0 Å². The Hall–Kier alpha value is -1.38. The summed E-state index contributed by atoms with van der Waals surface area (Å²) in [7, 11) is 0. The molecular formula is C12H16N2O. The Morgan fingerprint density at radius 3 is 2.73 bits per heavy atom. The highest BCUT2D eigenvalue weighted by Gasteiger charge is 2.34. The van der Waals surface area contributed by atoms with Crippen LogP contribution in [0.3, 0.4) is 0 Å². The highest BCUT2D eigenvalue weighted by molar-refractivity contribution is 5.94. The van der Waals surface area contributed by atoms with Gasteiger partial charge in [-0.05, 0) is 25.0 Å². The van der Waals surface area contributed by atoms with Crippen molar-refractivity contribution in [1.29, 1.82) is 0 Å². The summed E-state index contributed by atoms with van der Waals surface area (Å²) in [5.41, 5.74) is 6.88. The molecule has 1 fully saturated rings. The van der Waals surface area contributed by atoms with Crippen LogP contribution in [-0.2, 0) is 5.41 Å². The number of nitrogens with two attached hydrogens (primary N) is 1. The number of amides is 1. The molecule has 1 saturated carbocycles. The third-order valence-corrected chi connectivity index (χ3v) is 3.35. The monoisotopic (exact) mass is 204 g/mol. The summed E-state index contributed by atoms with van der Waals surface area (Å²) in [4.78, 5) is 15.7. The second-order valence-corrected chi connectivity index (χ2v) is 4.53. The summed E-state index contributed by atoms with van der Waals surface area (Å²) < 4.78 is 0. The number of primary amides is 1. The lowest BCUT2D eigenvalue weighted by atomic mass is 9.82. The van der Waals surface area contributed by atoms with E-state index in [1.54, 1.807) is 18.3 Å². The van der Waals surface area contributed by atoms with E-state index in [0.717, 1.165) is 18.5 Å². The SMILES string of the molecule is CC1(c2ncccc2C(N)=O)CCCC1. The summed E-state index contributed by atoms with van der Waals surface area (Å²) in [6.07, 6.45) is 6.37. The number of carbonyl (C=O) groups excluding carboxylic acids is 1. The fourth-order valence-electron chi connectivity index (χ4n) is 2.48. The Kier molecular flexibility index (Phi) is 2.47. The van der Waals surface area contributed by atoms with E-state index in [2.05, 4.69) is 11.9 Å². The van der Waals surface area contributed by atoms with Crippen molar-refractivity contribution in [3.05, 3.63) is 29.6 Å². The van der Waals surface area contributed by atoms with Gasteiger partial charge in [-0.15, -0.1) is 0 Å². The predicted molar refractivity (Wildman–Crippen MR) is 58.6 cm³/mol. The molecule has 0 aromatic carbocycles. The Morgan fingerprint density at radius 1 is 1.47 bits per heavy atom. The minimum atomic E-state index is -0.369. The molecule has 0 radical (unpaired) electrons. The Morgan fingerprint density at radius 2 is 2.13 bits per heavy atom. The lowest BCUT2D eigenvalue weighted by Crippen LogP contribution is -2.25. The molecule has 0 unspecified atom stereocenters. The second kappa shape index (κ2) is 3.65. The van der Waals surface area contributed by atoms with Gasteiger partial charge in [-0.2, -0.15) is 0 Å². The largest absolute Gasteiger partial charge is 0.366 e. The quantitative estimate of drug-likeness (QED) is 0.801. The van der Waals surface area contributed by atoms with Gasteiger partial charge in [-0.3, -0.25) is 9.78 Å². The van der Waals surface area contributed by atoms with Crippen LogP contribution in [0.15, 0.2) is 18.3 Å². The maximum atomic E-state index is 11.3. The van der Waals surface area contributed by atoms with Crippen LogP contribution in [-0.4, -0.2) is 10.9 Å². The van der Waals surface area contributed by atoms with Crippen LogP contribution in [0.4, 0.5) is 0 Å². The lowest BCUT2D eigenvalue weighted by Gasteiger charge is -2.24. The second-order valence-electron chi connectivity index (χ2n) is 4.53. The molecule has 15 heavy (non-hydrogen) atoms. The van der Waals surface area contributed by atoms with Gasteiger partial charge >= 0.3 is 0 Å². The molecule has 3 heteroatoms. The van der Waals surface area contributed by atoms with Crippen LogP contribution in [0.5, 0.6) is 0 Å². The third kappa shape index (κ3) is 1.74. The van der Waals surface area contributed by atoms with Crippen molar-refractivity contribution in [2.24, 2.45) is 5.73 Å². The van der Waals surface area contributed by atoms with Crippen LogP contribution >= 0.6 is 0 Å². The molecule has 3 nitrogen and oxygen atoms in total. The first-order valence-electron chi connectivity index (χ1n) is 5.39. The topological polar surface area (TPSA) is 56.0 Å². The summed E-state index contributed by atoms with van der Waals surface area (Å²) >= 11 is 0. The van der Waals surface area contributed by atoms with Gasteiger partial charge in [0.05, 0.1) is 11.3 Å². The number of nitrogens with zero attached hydrogens (tertiary/aromatic N) is 1. The first-order valence-corrected chi connectivity index (χ1v) is 5.39. The van der Waals surface area contributed by atoms with E-state index < -0.39 is 0 Å². The first kappa shape index (κ1) is 10.1. The van der Waals surface area contributed by atoms with Crippen molar-refractivity contribution in [3.63, 3.8) is 0 Å². The molecule has 1 amide bonds. The fourth-order valence-corrected chi connectivity index (χ4v) is 2.48. The van der Waals surface area contributed by atoms with Gasteiger partial charge in [0.15, 0.2) is 0 Å². The number of hydrogen-bond acceptors (Lipinski definition) is 2. The first-order chi connectivity index (χ1) is 7.13. The van der Waals surface area contributed by atoms with Gasteiger partial charge in [-0.1, -0.05) is 19.8 Å². The molecule has 1 aliphatic carbocycles. The molecule has 0 saturated heterocycles. The maximum absolute atomic E-state index is 11.3. The minimum absolute atomic E-state index is 0.0472. The van der Waals surface area contributed by atoms with Crippen LogP contribution in [0.25, 0.3) is 0 Å². The van der Waals surface area contributed by atoms with Crippen molar-refractivity contribution in [2.75, 3.05) is 0 Å². The van der Waals surface area contributed by atoms with Gasteiger partial charge in [-0.25, -0.2) is 0 Å². The molecular weight excluding hydrogens is 188 g/mol. The summed E-state index contributed by atoms with van der Waals surface area (Å²) in [6.45, 7) is 2.18. The van der Waals surface area contributed by atoms with E-state index in [1.807, 2.05) is 0 Å². The number of aromatic nitrogens is 1. The molecule has 1 aromatic rings. The maximum Gasteiger partial charge on any atom is 0.250 e. The molecule has 1 heterocycles. The summed E-state index contributed by atoms with van der Waals surface area (Å²) in [5, 5.41) is 0. The molecule has 0 bridgehead atoms. The van der Waals surface area contributed by atoms with E-state index in [4.69, 9.17) is 5.73 Å². The van der Waals surface area contributed by atoms with E-state index in [9.17, 15) is 4.79 Å². The van der Waals surface area contributed by atoms with Crippen LogP contribution < -0.4 is 5.73 Å². The van der Waals surface area contributed by atoms with E-state index in [0.29, 0.717) is 5.56 Å². The van der Waals surface area contributed by atoms with Gasteiger partial charge in [0.1, 0.15) is 0 Å². The van der Waals surface area contributed by atoms with Gasteiger partial charge in [0.25, 0.3) is 5.91 Å². The van der Waals surface area contributed by atoms with Gasteiger partial charge < -0.3 is 5.73 Å². The van der Waals surface area contributed by atoms with Gasteiger partial charge in [0, 0.05) is 11.6 Å². The molecule has 0 spiro atoms. The molecule has 2 N–H and O–H groups in total. The van der Waals surface area contributed by atoms with Crippen molar-refractivity contribution < 1.29 is 4.79 Å². The zero-order valence-electron chi connectivity index (χ0n) is 8.99. The molecule has 0 atom stereocenters. The average Bonchev–Trinajstić information content (AvgIpc) is 2.66. The van der Waals surface area contributed by atoms with Crippen LogP contribution in [0.2, 0.25) is 0 Å². The van der Waals surface area contributed by atoms with E-state index >= 15 is 0 Å². The van der Waals surface area contributed by atoms with Crippen molar-refractivity contribution in [2.45, 2.75) is 38.0 Å². The van der Waals surface area contributed by atoms with E-state index in [1.165, 1.54) is 12.8 Å². The zero-order chi connectivity index (χ0) is 10.9. The molecule has 1 aromatic heterocycles. The Bertz CT molecular complexity index is 381.